The molecule has 42 valence electrons. The largest absolute Gasteiger partial charge is 0.480 e. The van der Waals surface area contributed by atoms with Crippen LogP contribution >= 0.6 is 0 Å². The predicted octanol–water partition coefficient (Wildman–Crippen LogP) is -1.64. The molecule has 4 heteroatoms. The van der Waals surface area contributed by atoms with Crippen LogP contribution < -0.4 is 11.5 Å². The van der Waals surface area contributed by atoms with Gasteiger partial charge in [-0.3, -0.25) is 4.79 Å². The molecule has 0 rings (SSSR count). The van der Waals surface area contributed by atoms with E-state index in [4.69, 9.17) is 12.3 Å². The van der Waals surface area contributed by atoms with Crippen LogP contribution in [-0.4, -0.2) is 23.7 Å². The van der Waals surface area contributed by atoms with Gasteiger partial charge in [-0.25, -0.2) is 0 Å². The first-order chi connectivity index (χ1) is 3.68. The first kappa shape index (κ1) is 4.55. The van der Waals surface area contributed by atoms with Crippen LogP contribution in [0.25, 0.3) is 0 Å². The Labute approximate surface area is 42.6 Å². The Hall–Kier alpha value is -0.610. The standard InChI is InChI=1S/C3H8N2O2/c4-1-2(5)3(6)7/h2H,1,4-5H2,(H,6,7)/t2-/m0/s1/i/hD. The maximum Gasteiger partial charge on any atom is 0.321 e. The van der Waals surface area contributed by atoms with Gasteiger partial charge in [0.2, 0.25) is 0 Å². The molecule has 0 aromatic rings. The summed E-state index contributed by atoms with van der Waals surface area (Å²) in [5.74, 6) is -1.09. The van der Waals surface area contributed by atoms with E-state index in [2.05, 4.69) is 0 Å². The monoisotopic (exact) mass is 105 g/mol. The molecule has 5 N–H and O–H groups in total. The first-order valence-electron chi connectivity index (χ1n) is 2.31. The van der Waals surface area contributed by atoms with Crippen LogP contribution in [0.2, 0.25) is 1.41 Å². The molecule has 0 aromatic heterocycles. The van der Waals surface area contributed by atoms with Gasteiger partial charge in [-0.2, -0.15) is 0 Å². The van der Waals surface area contributed by atoms with E-state index in [9.17, 15) is 4.79 Å². The highest BCUT2D eigenvalue weighted by molar-refractivity contribution is 5.73. The quantitative estimate of drug-likeness (QED) is 0.401. The van der Waals surface area contributed by atoms with Crippen molar-refractivity contribution in [3.63, 3.8) is 0 Å². The van der Waals surface area contributed by atoms with Gasteiger partial charge in [0.15, 0.2) is 0 Å². The SMILES string of the molecule is [2H]NC[C@H](N)C(=O)O. The van der Waals surface area contributed by atoms with E-state index in [1.807, 2.05) is 5.73 Å². The third-order valence-electron chi connectivity index (χ3n) is 0.537. The Morgan fingerprint density at radius 2 is 2.71 bits per heavy atom. The Morgan fingerprint density at radius 1 is 2.14 bits per heavy atom. The number of aliphatic carboxylic acids is 1. The zero-order chi connectivity index (χ0) is 6.57. The first-order valence-corrected chi connectivity index (χ1v) is 1.81. The predicted molar refractivity (Wildman–Crippen MR) is 24.7 cm³/mol. The third-order valence-corrected chi connectivity index (χ3v) is 0.537. The number of hydrogen-bond donors (Lipinski definition) is 3. The molecule has 0 heterocycles. The second kappa shape index (κ2) is 2.54. The molecular weight excluding hydrogens is 96.0 g/mol. The van der Waals surface area contributed by atoms with Crippen molar-refractivity contribution >= 4 is 5.97 Å². The molecule has 0 aliphatic heterocycles. The highest BCUT2D eigenvalue weighted by Gasteiger charge is 2.05. The van der Waals surface area contributed by atoms with E-state index >= 15 is 0 Å². The minimum atomic E-state index is -1.09. The lowest BCUT2D eigenvalue weighted by molar-refractivity contribution is -0.138. The number of nitrogens with two attached hydrogens (primary N) is 2. The summed E-state index contributed by atoms with van der Waals surface area (Å²) in [6.45, 7) is -0.0185. The summed E-state index contributed by atoms with van der Waals surface area (Å²) < 4.78 is 6.33. The molecule has 7 heavy (non-hydrogen) atoms. The van der Waals surface area contributed by atoms with Gasteiger partial charge in [0.05, 0.1) is 0 Å². The second-order valence-electron chi connectivity index (χ2n) is 1.15. The zero-order valence-corrected chi connectivity index (χ0v) is 3.72. The van der Waals surface area contributed by atoms with Crippen LogP contribution in [0.15, 0.2) is 0 Å². The van der Waals surface area contributed by atoms with Gasteiger partial charge < -0.3 is 16.6 Å². The number of carboxylic acid groups (broad SMARTS) is 1. The van der Waals surface area contributed by atoms with Crippen molar-refractivity contribution in [1.29, 1.82) is 0 Å². The van der Waals surface area contributed by atoms with Crippen molar-refractivity contribution in [2.75, 3.05) is 6.54 Å². The fraction of sp³-hybridized carbons (Fsp3) is 0.667. The van der Waals surface area contributed by atoms with Crippen molar-refractivity contribution < 1.29 is 11.3 Å². The molecule has 0 radical (unpaired) electrons. The van der Waals surface area contributed by atoms with Gasteiger partial charge >= 0.3 is 5.97 Å². The number of hydrogen-bond acceptors (Lipinski definition) is 3. The summed E-state index contributed by atoms with van der Waals surface area (Å²) in [6, 6.07) is -0.965. The Bertz CT molecular complexity index is 87.4. The van der Waals surface area contributed by atoms with Crippen LogP contribution in [0.5, 0.6) is 0 Å². The fourth-order valence-electron chi connectivity index (χ4n) is 0.0873. The summed E-state index contributed by atoms with van der Waals surface area (Å²) in [5.41, 5.74) is 6.84. The molecule has 0 aliphatic carbocycles. The molecule has 0 saturated heterocycles. The molecular formula is C3H8N2O2. The van der Waals surface area contributed by atoms with E-state index in [-0.39, 0.29) is 6.54 Å². The molecule has 0 spiro atoms. The van der Waals surface area contributed by atoms with Crippen molar-refractivity contribution in [2.24, 2.45) is 11.5 Å². The minimum Gasteiger partial charge on any atom is -0.480 e. The summed E-state index contributed by atoms with van der Waals surface area (Å²) in [6.07, 6.45) is 0. The van der Waals surface area contributed by atoms with E-state index in [0.717, 1.165) is 0 Å². The number of carbonyl (C=O) groups is 1. The molecule has 4 nitrogen and oxygen atoms in total. The molecule has 0 fully saturated rings. The van der Waals surface area contributed by atoms with E-state index < -0.39 is 12.0 Å². The van der Waals surface area contributed by atoms with Gasteiger partial charge in [0.1, 0.15) is 7.45 Å². The molecule has 0 unspecified atom stereocenters. The zero-order valence-electron chi connectivity index (χ0n) is 4.72. The van der Waals surface area contributed by atoms with Crippen LogP contribution in [0.4, 0.5) is 0 Å². The molecule has 0 amide bonds. The van der Waals surface area contributed by atoms with Gasteiger partial charge in [0, 0.05) is 6.54 Å². The van der Waals surface area contributed by atoms with Crippen LogP contribution in [0, 0.1) is 0 Å². The van der Waals surface area contributed by atoms with Crippen molar-refractivity contribution in [2.45, 2.75) is 6.04 Å². The number of rotatable bonds is 3. The van der Waals surface area contributed by atoms with Crippen molar-refractivity contribution in [3.05, 3.63) is 0 Å². The summed E-state index contributed by atoms with van der Waals surface area (Å²) >= 11 is 0. The van der Waals surface area contributed by atoms with Gasteiger partial charge in [-0.15, -0.1) is 0 Å². The normalized spacial score (nSPS) is 15.3. The second-order valence-corrected chi connectivity index (χ2v) is 1.15. The summed E-state index contributed by atoms with van der Waals surface area (Å²) in [4.78, 5) is 9.84. The maximum atomic E-state index is 9.84. The molecule has 0 saturated carbocycles. The highest BCUT2D eigenvalue weighted by atomic mass is 16.4. The third kappa shape index (κ3) is 2.13. The minimum absolute atomic E-state index is 0.0185. The van der Waals surface area contributed by atoms with E-state index in [0.29, 0.717) is 0 Å². The molecule has 0 bridgehead atoms. The highest BCUT2D eigenvalue weighted by Crippen LogP contribution is 1.68. The topological polar surface area (TPSA) is 89.3 Å². The Balaban J connectivity index is 3.32. The average molecular weight is 105 g/mol. The number of carboxylic acids is 1. The maximum absolute atomic E-state index is 9.84. The molecule has 1 atom stereocenters. The van der Waals surface area contributed by atoms with Crippen molar-refractivity contribution in [1.82, 2.24) is 0 Å². The summed E-state index contributed by atoms with van der Waals surface area (Å²) in [5, 5.41) is 8.06. The van der Waals surface area contributed by atoms with E-state index in [1.165, 1.54) is 0 Å². The smallest absolute Gasteiger partial charge is 0.321 e. The van der Waals surface area contributed by atoms with Crippen LogP contribution in [0.3, 0.4) is 0 Å². The van der Waals surface area contributed by atoms with Crippen LogP contribution in [-0.2, 0) is 4.79 Å². The Kier molecular flexibility index (Phi) is 1.65. The van der Waals surface area contributed by atoms with Crippen LogP contribution in [0.1, 0.15) is 0 Å². The molecule has 0 aliphatic rings. The van der Waals surface area contributed by atoms with Gasteiger partial charge in [-0.1, -0.05) is 0 Å². The lowest BCUT2D eigenvalue weighted by Gasteiger charge is -1.97. The van der Waals surface area contributed by atoms with Crippen molar-refractivity contribution in [3.8, 4) is 0 Å². The van der Waals surface area contributed by atoms with E-state index in [1.54, 1.807) is 0 Å². The lowest BCUT2D eigenvalue weighted by atomic mass is 10.3. The fourth-order valence-corrected chi connectivity index (χ4v) is 0.0873. The lowest BCUT2D eigenvalue weighted by Crippen LogP contribution is -2.37. The van der Waals surface area contributed by atoms with Gasteiger partial charge in [0.25, 0.3) is 0 Å². The van der Waals surface area contributed by atoms with Gasteiger partial charge in [-0.05, 0) is 0 Å². The summed E-state index contributed by atoms with van der Waals surface area (Å²) in [7, 11) is 0. The average Bonchev–Trinajstić information content (AvgIpc) is 1.67. The Morgan fingerprint density at radius 3 is 2.86 bits per heavy atom. The molecule has 0 aromatic carbocycles.